The molecule has 0 radical (unpaired) electrons. The van der Waals surface area contributed by atoms with E-state index in [0.29, 0.717) is 24.6 Å². The minimum absolute atomic E-state index is 0.0211. The quantitative estimate of drug-likeness (QED) is 0.792. The SMILES string of the molecule is CCc1ccc(OCCNC(=O)Cc2ccc(Cl)cc2)cc1. The summed E-state index contributed by atoms with van der Waals surface area (Å²) in [4.78, 5) is 11.8. The van der Waals surface area contributed by atoms with Crippen LogP contribution in [0.15, 0.2) is 48.5 Å². The topological polar surface area (TPSA) is 38.3 Å². The van der Waals surface area contributed by atoms with Gasteiger partial charge < -0.3 is 10.1 Å². The standard InChI is InChI=1S/C18H20ClNO2/c1-2-14-5-9-17(10-6-14)22-12-11-20-18(21)13-15-3-7-16(19)8-4-15/h3-10H,2,11-13H2,1H3,(H,20,21). The maximum absolute atomic E-state index is 11.8. The average Bonchev–Trinajstić information content (AvgIpc) is 2.54. The van der Waals surface area contributed by atoms with Crippen molar-refractivity contribution in [3.63, 3.8) is 0 Å². The van der Waals surface area contributed by atoms with Gasteiger partial charge in [0.2, 0.25) is 5.91 Å². The highest BCUT2D eigenvalue weighted by Gasteiger charge is 2.03. The Kier molecular flexibility index (Phi) is 6.28. The minimum Gasteiger partial charge on any atom is -0.492 e. The minimum atomic E-state index is -0.0211. The zero-order valence-corrected chi connectivity index (χ0v) is 13.4. The maximum atomic E-state index is 11.8. The third-order valence-electron chi connectivity index (χ3n) is 3.30. The Bertz CT molecular complexity index is 593. The van der Waals surface area contributed by atoms with Gasteiger partial charge in [-0.2, -0.15) is 0 Å². The number of amides is 1. The van der Waals surface area contributed by atoms with Crippen LogP contribution in [-0.2, 0) is 17.6 Å². The Labute approximate surface area is 136 Å². The number of rotatable bonds is 7. The van der Waals surface area contributed by atoms with Crippen LogP contribution >= 0.6 is 11.6 Å². The lowest BCUT2D eigenvalue weighted by Gasteiger charge is -2.08. The molecule has 0 heterocycles. The van der Waals surface area contributed by atoms with E-state index in [9.17, 15) is 4.79 Å². The highest BCUT2D eigenvalue weighted by atomic mass is 35.5. The van der Waals surface area contributed by atoms with Crippen LogP contribution in [0.1, 0.15) is 18.1 Å². The van der Waals surface area contributed by atoms with Crippen molar-refractivity contribution in [2.45, 2.75) is 19.8 Å². The zero-order chi connectivity index (χ0) is 15.8. The molecule has 0 spiro atoms. The largest absolute Gasteiger partial charge is 0.492 e. The Hall–Kier alpha value is -2.00. The molecule has 22 heavy (non-hydrogen) atoms. The molecule has 116 valence electrons. The van der Waals surface area contributed by atoms with Crippen LogP contribution in [0.5, 0.6) is 5.75 Å². The molecule has 0 bridgehead atoms. The third kappa shape index (κ3) is 5.41. The van der Waals surface area contributed by atoms with Gasteiger partial charge in [0.1, 0.15) is 12.4 Å². The number of ether oxygens (including phenoxy) is 1. The zero-order valence-electron chi connectivity index (χ0n) is 12.6. The van der Waals surface area contributed by atoms with Gasteiger partial charge in [-0.1, -0.05) is 42.8 Å². The van der Waals surface area contributed by atoms with E-state index in [1.807, 2.05) is 24.3 Å². The van der Waals surface area contributed by atoms with E-state index in [-0.39, 0.29) is 5.91 Å². The number of nitrogens with one attached hydrogen (secondary N) is 1. The summed E-state index contributed by atoms with van der Waals surface area (Å²) in [6.45, 7) is 3.06. The summed E-state index contributed by atoms with van der Waals surface area (Å²) in [5.41, 5.74) is 2.22. The maximum Gasteiger partial charge on any atom is 0.224 e. The number of benzene rings is 2. The molecule has 0 saturated carbocycles. The Morgan fingerprint density at radius 3 is 2.32 bits per heavy atom. The second-order valence-electron chi connectivity index (χ2n) is 5.00. The van der Waals surface area contributed by atoms with Gasteiger partial charge in [-0.15, -0.1) is 0 Å². The van der Waals surface area contributed by atoms with Crippen LogP contribution in [0.25, 0.3) is 0 Å². The van der Waals surface area contributed by atoms with E-state index in [0.717, 1.165) is 17.7 Å². The van der Waals surface area contributed by atoms with E-state index in [1.165, 1.54) is 5.56 Å². The molecule has 0 unspecified atom stereocenters. The number of halogens is 1. The van der Waals surface area contributed by atoms with E-state index in [4.69, 9.17) is 16.3 Å². The summed E-state index contributed by atoms with van der Waals surface area (Å²) >= 11 is 5.81. The summed E-state index contributed by atoms with van der Waals surface area (Å²) in [5, 5.41) is 3.51. The van der Waals surface area contributed by atoms with Crippen molar-refractivity contribution in [2.24, 2.45) is 0 Å². The molecule has 2 rings (SSSR count). The second kappa shape index (κ2) is 8.44. The van der Waals surface area contributed by atoms with Gasteiger partial charge in [0.05, 0.1) is 13.0 Å². The molecule has 1 N–H and O–H groups in total. The van der Waals surface area contributed by atoms with Crippen molar-refractivity contribution >= 4 is 17.5 Å². The fraction of sp³-hybridized carbons (Fsp3) is 0.278. The van der Waals surface area contributed by atoms with Crippen LogP contribution in [-0.4, -0.2) is 19.1 Å². The Morgan fingerprint density at radius 2 is 1.68 bits per heavy atom. The van der Waals surface area contributed by atoms with E-state index >= 15 is 0 Å². The van der Waals surface area contributed by atoms with Gasteiger partial charge in [-0.05, 0) is 41.8 Å². The number of hydrogen-bond acceptors (Lipinski definition) is 2. The molecule has 1 amide bonds. The first-order valence-corrected chi connectivity index (χ1v) is 7.78. The molecular formula is C18H20ClNO2. The van der Waals surface area contributed by atoms with Gasteiger partial charge in [0.15, 0.2) is 0 Å². The fourth-order valence-corrected chi connectivity index (χ4v) is 2.16. The van der Waals surface area contributed by atoms with Crippen molar-refractivity contribution < 1.29 is 9.53 Å². The lowest BCUT2D eigenvalue weighted by atomic mass is 10.1. The number of carbonyl (C=O) groups is 1. The third-order valence-corrected chi connectivity index (χ3v) is 3.55. The number of hydrogen-bond donors (Lipinski definition) is 1. The first-order valence-electron chi connectivity index (χ1n) is 7.40. The van der Waals surface area contributed by atoms with E-state index < -0.39 is 0 Å². The van der Waals surface area contributed by atoms with Crippen LogP contribution < -0.4 is 10.1 Å². The Balaban J connectivity index is 1.67. The fourth-order valence-electron chi connectivity index (χ4n) is 2.03. The van der Waals surface area contributed by atoms with Gasteiger partial charge in [0, 0.05) is 5.02 Å². The molecule has 0 atom stereocenters. The van der Waals surface area contributed by atoms with Crippen LogP contribution in [0, 0.1) is 0 Å². The normalized spacial score (nSPS) is 10.3. The van der Waals surface area contributed by atoms with Gasteiger partial charge in [-0.25, -0.2) is 0 Å². The lowest BCUT2D eigenvalue weighted by Crippen LogP contribution is -2.29. The summed E-state index contributed by atoms with van der Waals surface area (Å²) < 4.78 is 5.59. The molecule has 0 aromatic heterocycles. The molecule has 0 fully saturated rings. The molecule has 2 aromatic rings. The van der Waals surface area contributed by atoms with E-state index in [2.05, 4.69) is 24.4 Å². The highest BCUT2D eigenvalue weighted by Crippen LogP contribution is 2.12. The van der Waals surface area contributed by atoms with E-state index in [1.54, 1.807) is 12.1 Å². The molecule has 4 heteroatoms. The molecule has 0 aliphatic rings. The smallest absolute Gasteiger partial charge is 0.224 e. The van der Waals surface area contributed by atoms with Crippen LogP contribution in [0.3, 0.4) is 0 Å². The molecule has 2 aromatic carbocycles. The van der Waals surface area contributed by atoms with Gasteiger partial charge in [0.25, 0.3) is 0 Å². The average molecular weight is 318 g/mol. The molecule has 0 saturated heterocycles. The molecule has 0 aliphatic carbocycles. The number of carbonyl (C=O) groups excluding carboxylic acids is 1. The number of aryl methyl sites for hydroxylation is 1. The first kappa shape index (κ1) is 16.4. The monoisotopic (exact) mass is 317 g/mol. The molecule has 0 aliphatic heterocycles. The van der Waals surface area contributed by atoms with Crippen molar-refractivity contribution in [2.75, 3.05) is 13.2 Å². The summed E-state index contributed by atoms with van der Waals surface area (Å²) in [6.07, 6.45) is 1.36. The molecular weight excluding hydrogens is 298 g/mol. The predicted molar refractivity (Wildman–Crippen MR) is 89.5 cm³/mol. The van der Waals surface area contributed by atoms with Gasteiger partial charge >= 0.3 is 0 Å². The first-order chi connectivity index (χ1) is 10.7. The van der Waals surface area contributed by atoms with Crippen LogP contribution in [0.2, 0.25) is 5.02 Å². The van der Waals surface area contributed by atoms with Crippen molar-refractivity contribution in [1.29, 1.82) is 0 Å². The summed E-state index contributed by atoms with van der Waals surface area (Å²) in [6, 6.07) is 15.3. The predicted octanol–water partition coefficient (Wildman–Crippen LogP) is 3.64. The summed E-state index contributed by atoms with van der Waals surface area (Å²) in [7, 11) is 0. The van der Waals surface area contributed by atoms with Crippen molar-refractivity contribution in [3.05, 3.63) is 64.7 Å². The highest BCUT2D eigenvalue weighted by molar-refractivity contribution is 6.30. The van der Waals surface area contributed by atoms with Crippen LogP contribution in [0.4, 0.5) is 0 Å². The van der Waals surface area contributed by atoms with Gasteiger partial charge in [-0.3, -0.25) is 4.79 Å². The summed E-state index contributed by atoms with van der Waals surface area (Å²) in [5.74, 6) is 0.802. The van der Waals surface area contributed by atoms with Crippen molar-refractivity contribution in [3.8, 4) is 5.75 Å². The second-order valence-corrected chi connectivity index (χ2v) is 5.44. The molecule has 3 nitrogen and oxygen atoms in total. The lowest BCUT2D eigenvalue weighted by molar-refractivity contribution is -0.120. The van der Waals surface area contributed by atoms with Crippen molar-refractivity contribution in [1.82, 2.24) is 5.32 Å². The Morgan fingerprint density at radius 1 is 1.05 bits per heavy atom.